The Labute approximate surface area is 232 Å². The van der Waals surface area contributed by atoms with Crippen LogP contribution in [0.25, 0.3) is 32.6 Å². The van der Waals surface area contributed by atoms with Gasteiger partial charge in [0.05, 0.1) is 31.0 Å². The molecule has 1 amide bonds. The second kappa shape index (κ2) is 11.7. The number of nitrogens with zero attached hydrogens (tertiary/aromatic N) is 2. The lowest BCUT2D eigenvalue weighted by Gasteiger charge is -2.21. The molecular formula is C27H29F3N4O5S. The van der Waals surface area contributed by atoms with Crippen LogP contribution >= 0.6 is 11.3 Å². The standard InChI is InChI=1S/C27H29F3N4O5S/c1-13(31-26(35)39-27(2,3)4)17-11-18(34-33-17)23-22(21-16(30)12-40-24(21)25(32-23)37-6)20-15(29)9-14(28)10-19(20)38-8-7-36-5/h9-13H,7-8H2,1-6H3,(H,31,35)(H,33,34)/t13-/m1/s1. The molecule has 0 aliphatic rings. The van der Waals surface area contributed by atoms with Gasteiger partial charge in [0.1, 0.15) is 51.5 Å². The summed E-state index contributed by atoms with van der Waals surface area (Å²) in [5.41, 5.74) is -0.175. The second-order valence-corrected chi connectivity index (χ2v) is 10.7. The van der Waals surface area contributed by atoms with Gasteiger partial charge in [0.2, 0.25) is 5.88 Å². The molecule has 0 aliphatic carbocycles. The lowest BCUT2D eigenvalue weighted by atomic mass is 9.96. The van der Waals surface area contributed by atoms with Gasteiger partial charge >= 0.3 is 6.09 Å². The fourth-order valence-electron chi connectivity index (χ4n) is 4.00. The van der Waals surface area contributed by atoms with E-state index in [2.05, 4.69) is 20.5 Å². The van der Waals surface area contributed by atoms with Crippen molar-refractivity contribution in [2.24, 2.45) is 0 Å². The van der Waals surface area contributed by atoms with Crippen molar-refractivity contribution in [2.75, 3.05) is 27.4 Å². The first-order valence-corrected chi connectivity index (χ1v) is 13.1. The van der Waals surface area contributed by atoms with Crippen LogP contribution in [0.2, 0.25) is 0 Å². The van der Waals surface area contributed by atoms with Crippen LogP contribution in [-0.4, -0.2) is 54.3 Å². The molecule has 13 heteroatoms. The third-order valence-corrected chi connectivity index (χ3v) is 6.63. The number of nitrogens with one attached hydrogen (secondary N) is 2. The SMILES string of the molecule is COCCOc1cc(F)cc(F)c1-c1c(-c2cc([C@@H](C)NC(=O)OC(C)(C)C)[nH]n2)nc(OC)c2scc(F)c12. The highest BCUT2D eigenvalue weighted by Gasteiger charge is 2.29. The highest BCUT2D eigenvalue weighted by molar-refractivity contribution is 7.17. The molecule has 3 aromatic heterocycles. The lowest BCUT2D eigenvalue weighted by Crippen LogP contribution is -2.34. The zero-order chi connectivity index (χ0) is 29.2. The first kappa shape index (κ1) is 29.2. The molecule has 1 aromatic carbocycles. The van der Waals surface area contributed by atoms with Crippen LogP contribution in [0.5, 0.6) is 11.6 Å². The molecule has 2 N–H and O–H groups in total. The number of methoxy groups -OCH3 is 2. The van der Waals surface area contributed by atoms with Crippen molar-refractivity contribution in [3.05, 3.63) is 46.7 Å². The van der Waals surface area contributed by atoms with Gasteiger partial charge in [-0.1, -0.05) is 0 Å². The Morgan fingerprint density at radius 2 is 1.85 bits per heavy atom. The van der Waals surface area contributed by atoms with Gasteiger partial charge in [-0.3, -0.25) is 5.10 Å². The van der Waals surface area contributed by atoms with E-state index in [-0.39, 0.29) is 52.7 Å². The Morgan fingerprint density at radius 1 is 1.10 bits per heavy atom. The molecule has 9 nitrogen and oxygen atoms in total. The zero-order valence-corrected chi connectivity index (χ0v) is 23.6. The van der Waals surface area contributed by atoms with Crippen LogP contribution < -0.4 is 14.8 Å². The van der Waals surface area contributed by atoms with E-state index in [0.717, 1.165) is 17.4 Å². The minimum absolute atomic E-state index is 0.00488. The zero-order valence-electron chi connectivity index (χ0n) is 22.8. The summed E-state index contributed by atoms with van der Waals surface area (Å²) in [6, 6.07) is 2.71. The van der Waals surface area contributed by atoms with E-state index < -0.39 is 35.2 Å². The average molecular weight is 579 g/mol. The van der Waals surface area contributed by atoms with E-state index in [1.54, 1.807) is 33.8 Å². The Morgan fingerprint density at radius 3 is 2.52 bits per heavy atom. The van der Waals surface area contributed by atoms with Gasteiger partial charge in [-0.25, -0.2) is 22.9 Å². The number of halogens is 3. The first-order valence-electron chi connectivity index (χ1n) is 12.2. The molecular weight excluding hydrogens is 549 g/mol. The number of carbonyl (C=O) groups excluding carboxylic acids is 1. The van der Waals surface area contributed by atoms with Crippen molar-refractivity contribution in [2.45, 2.75) is 39.3 Å². The van der Waals surface area contributed by atoms with Crippen molar-refractivity contribution in [1.82, 2.24) is 20.5 Å². The highest BCUT2D eigenvalue weighted by Crippen LogP contribution is 2.47. The molecule has 0 unspecified atom stereocenters. The summed E-state index contributed by atoms with van der Waals surface area (Å²) in [7, 11) is 2.84. The van der Waals surface area contributed by atoms with Gasteiger partial charge in [-0.15, -0.1) is 11.3 Å². The van der Waals surface area contributed by atoms with Crippen LogP contribution in [0.15, 0.2) is 23.6 Å². The third kappa shape index (κ3) is 6.15. The van der Waals surface area contributed by atoms with Crippen LogP contribution in [0.4, 0.5) is 18.0 Å². The van der Waals surface area contributed by atoms with E-state index in [0.29, 0.717) is 16.5 Å². The van der Waals surface area contributed by atoms with Crippen molar-refractivity contribution in [3.63, 3.8) is 0 Å². The summed E-state index contributed by atoms with van der Waals surface area (Å²) < 4.78 is 66.9. The fourth-order valence-corrected chi connectivity index (χ4v) is 4.89. The minimum Gasteiger partial charge on any atom is -0.490 e. The van der Waals surface area contributed by atoms with Gasteiger partial charge in [-0.05, 0) is 33.8 Å². The van der Waals surface area contributed by atoms with Crippen molar-refractivity contribution in [3.8, 4) is 34.1 Å². The molecule has 4 rings (SSSR count). The summed E-state index contributed by atoms with van der Waals surface area (Å²) in [6.45, 7) is 7.08. The number of amides is 1. The largest absolute Gasteiger partial charge is 0.490 e. The monoisotopic (exact) mass is 578 g/mol. The van der Waals surface area contributed by atoms with Gasteiger partial charge < -0.3 is 24.3 Å². The highest BCUT2D eigenvalue weighted by atomic mass is 32.1. The number of benzene rings is 1. The number of pyridine rings is 1. The molecule has 0 saturated heterocycles. The molecule has 0 fully saturated rings. The number of aromatic nitrogens is 3. The predicted molar refractivity (Wildman–Crippen MR) is 144 cm³/mol. The van der Waals surface area contributed by atoms with Crippen LogP contribution in [0.3, 0.4) is 0 Å². The van der Waals surface area contributed by atoms with Crippen LogP contribution in [0.1, 0.15) is 39.4 Å². The number of carbonyl (C=O) groups is 1. The number of H-pyrrole nitrogens is 1. The van der Waals surface area contributed by atoms with Gasteiger partial charge in [0.25, 0.3) is 0 Å². The molecule has 0 spiro atoms. The van der Waals surface area contributed by atoms with Gasteiger partial charge in [0, 0.05) is 35.6 Å². The van der Waals surface area contributed by atoms with E-state index in [9.17, 15) is 9.18 Å². The van der Waals surface area contributed by atoms with Crippen molar-refractivity contribution in [1.29, 1.82) is 0 Å². The number of hydrogen-bond acceptors (Lipinski definition) is 8. The smallest absolute Gasteiger partial charge is 0.408 e. The quantitative estimate of drug-likeness (QED) is 0.222. The second-order valence-electron chi connectivity index (χ2n) is 9.81. The topological polar surface area (TPSA) is 108 Å². The molecule has 40 heavy (non-hydrogen) atoms. The van der Waals surface area contributed by atoms with Gasteiger partial charge in [-0.2, -0.15) is 5.10 Å². The van der Waals surface area contributed by atoms with Gasteiger partial charge in [0.15, 0.2) is 0 Å². The number of ether oxygens (including phenoxy) is 4. The number of rotatable bonds is 9. The van der Waals surface area contributed by atoms with E-state index >= 15 is 8.78 Å². The van der Waals surface area contributed by atoms with Crippen molar-refractivity contribution < 1.29 is 36.9 Å². The Balaban J connectivity index is 1.89. The average Bonchev–Trinajstić information content (AvgIpc) is 3.50. The number of fused-ring (bicyclic) bond motifs is 1. The van der Waals surface area contributed by atoms with E-state index in [1.165, 1.54) is 19.6 Å². The third-order valence-electron chi connectivity index (χ3n) is 5.69. The number of thiophene rings is 1. The first-order chi connectivity index (χ1) is 18.9. The maximum absolute atomic E-state index is 15.5. The normalized spacial score (nSPS) is 12.4. The fraction of sp³-hybridized carbons (Fsp3) is 0.370. The number of hydrogen-bond donors (Lipinski definition) is 2. The molecule has 0 radical (unpaired) electrons. The molecule has 1 atom stereocenters. The molecule has 3 heterocycles. The number of aromatic amines is 1. The van der Waals surface area contributed by atoms with E-state index in [4.69, 9.17) is 18.9 Å². The number of alkyl carbamates (subject to hydrolysis) is 1. The molecule has 0 saturated carbocycles. The van der Waals surface area contributed by atoms with E-state index in [1.807, 2.05) is 0 Å². The summed E-state index contributed by atoms with van der Waals surface area (Å²) >= 11 is 1.03. The molecule has 0 aliphatic heterocycles. The Kier molecular flexibility index (Phi) is 8.54. The molecule has 4 aromatic rings. The Bertz CT molecular complexity index is 1530. The summed E-state index contributed by atoms with van der Waals surface area (Å²) in [5.74, 6) is -2.58. The summed E-state index contributed by atoms with van der Waals surface area (Å²) in [4.78, 5) is 16.8. The molecule has 214 valence electrons. The maximum Gasteiger partial charge on any atom is 0.408 e. The van der Waals surface area contributed by atoms with Crippen LogP contribution in [-0.2, 0) is 9.47 Å². The lowest BCUT2D eigenvalue weighted by molar-refractivity contribution is 0.0507. The predicted octanol–water partition coefficient (Wildman–Crippen LogP) is 6.39. The van der Waals surface area contributed by atoms with Crippen molar-refractivity contribution >= 4 is 27.5 Å². The summed E-state index contributed by atoms with van der Waals surface area (Å²) in [6.07, 6.45) is -0.635. The Hall–Kier alpha value is -3.84. The maximum atomic E-state index is 15.5. The van der Waals surface area contributed by atoms with Crippen LogP contribution in [0, 0.1) is 17.5 Å². The summed E-state index contributed by atoms with van der Waals surface area (Å²) in [5, 5.41) is 11.1. The molecule has 0 bridgehead atoms. The minimum atomic E-state index is -0.983.